The summed E-state index contributed by atoms with van der Waals surface area (Å²) in [5, 5.41) is 2.82. The quantitative estimate of drug-likeness (QED) is 0.710. The maximum absolute atomic E-state index is 5.98. The molecular formula is C11H10ClNS. The summed E-state index contributed by atoms with van der Waals surface area (Å²) in [7, 11) is 0. The highest BCUT2D eigenvalue weighted by molar-refractivity contribution is 7.10. The molecule has 0 fully saturated rings. The summed E-state index contributed by atoms with van der Waals surface area (Å²) >= 11 is 7.71. The van der Waals surface area contributed by atoms with Crippen LogP contribution in [0.15, 0.2) is 23.6 Å². The van der Waals surface area contributed by atoms with Gasteiger partial charge in [0.25, 0.3) is 0 Å². The maximum Gasteiger partial charge on any atom is 0.0731 e. The van der Waals surface area contributed by atoms with Crippen molar-refractivity contribution in [2.45, 2.75) is 13.8 Å². The second kappa shape index (κ2) is 3.71. The number of aryl methyl sites for hydroxylation is 2. The Morgan fingerprint density at radius 3 is 2.64 bits per heavy atom. The first-order chi connectivity index (χ1) is 6.66. The molecule has 0 aliphatic rings. The predicted octanol–water partition coefficient (Wildman–Crippen LogP) is 4.08. The highest BCUT2D eigenvalue weighted by atomic mass is 35.5. The summed E-state index contributed by atoms with van der Waals surface area (Å²) in [6.07, 6.45) is 0. The molecule has 2 aromatic rings. The Labute approximate surface area is 92.4 Å². The van der Waals surface area contributed by atoms with Crippen LogP contribution in [-0.2, 0) is 0 Å². The van der Waals surface area contributed by atoms with Crippen molar-refractivity contribution in [3.63, 3.8) is 0 Å². The number of hydrogen-bond acceptors (Lipinski definition) is 2. The first-order valence-corrected chi connectivity index (χ1v) is 5.61. The molecule has 2 aromatic heterocycles. The molecule has 0 radical (unpaired) electrons. The van der Waals surface area contributed by atoms with Gasteiger partial charge in [-0.3, -0.25) is 4.98 Å². The lowest BCUT2D eigenvalue weighted by molar-refractivity contribution is 1.20. The van der Waals surface area contributed by atoms with Gasteiger partial charge in [0.05, 0.1) is 5.69 Å². The molecule has 0 aliphatic heterocycles. The van der Waals surface area contributed by atoms with E-state index in [0.29, 0.717) is 0 Å². The molecule has 0 amide bonds. The first-order valence-electron chi connectivity index (χ1n) is 4.35. The van der Waals surface area contributed by atoms with Crippen LogP contribution in [0, 0.1) is 13.8 Å². The fraction of sp³-hybridized carbons (Fsp3) is 0.182. The molecule has 0 unspecified atom stereocenters. The molecule has 2 heterocycles. The van der Waals surface area contributed by atoms with Crippen LogP contribution in [0.5, 0.6) is 0 Å². The van der Waals surface area contributed by atoms with Gasteiger partial charge in [0.1, 0.15) is 0 Å². The number of rotatable bonds is 1. The van der Waals surface area contributed by atoms with Crippen molar-refractivity contribution in [3.8, 4) is 11.3 Å². The number of aromatic nitrogens is 1. The summed E-state index contributed by atoms with van der Waals surface area (Å²) in [5.41, 5.74) is 3.10. The summed E-state index contributed by atoms with van der Waals surface area (Å²) in [6, 6.07) is 5.86. The SMILES string of the molecule is Cc1cc(Cl)cc(-c2ccsc2C)n1. The highest BCUT2D eigenvalue weighted by Crippen LogP contribution is 2.27. The van der Waals surface area contributed by atoms with Gasteiger partial charge >= 0.3 is 0 Å². The molecule has 2 rings (SSSR count). The zero-order valence-corrected chi connectivity index (χ0v) is 9.62. The summed E-state index contributed by atoms with van der Waals surface area (Å²) in [6.45, 7) is 4.05. The Morgan fingerprint density at radius 2 is 2.07 bits per heavy atom. The maximum atomic E-state index is 5.98. The molecule has 0 aromatic carbocycles. The smallest absolute Gasteiger partial charge is 0.0731 e. The van der Waals surface area contributed by atoms with Crippen molar-refractivity contribution in [2.75, 3.05) is 0 Å². The molecular weight excluding hydrogens is 214 g/mol. The normalized spacial score (nSPS) is 10.5. The van der Waals surface area contributed by atoms with Crippen LogP contribution < -0.4 is 0 Å². The van der Waals surface area contributed by atoms with E-state index in [1.54, 1.807) is 11.3 Å². The van der Waals surface area contributed by atoms with E-state index < -0.39 is 0 Å². The van der Waals surface area contributed by atoms with E-state index in [-0.39, 0.29) is 0 Å². The average molecular weight is 224 g/mol. The number of thiophene rings is 1. The van der Waals surface area contributed by atoms with Gasteiger partial charge in [-0.1, -0.05) is 11.6 Å². The molecule has 1 nitrogen and oxygen atoms in total. The van der Waals surface area contributed by atoms with Gasteiger partial charge in [-0.15, -0.1) is 11.3 Å². The van der Waals surface area contributed by atoms with E-state index in [2.05, 4.69) is 23.4 Å². The van der Waals surface area contributed by atoms with Gasteiger partial charge in [0.2, 0.25) is 0 Å². The minimum Gasteiger partial charge on any atom is -0.253 e. The van der Waals surface area contributed by atoms with E-state index in [1.807, 2.05) is 19.1 Å². The Kier molecular flexibility index (Phi) is 2.57. The number of nitrogens with zero attached hydrogens (tertiary/aromatic N) is 1. The zero-order chi connectivity index (χ0) is 10.1. The number of hydrogen-bond donors (Lipinski definition) is 0. The van der Waals surface area contributed by atoms with Crippen molar-refractivity contribution >= 4 is 22.9 Å². The minimum absolute atomic E-state index is 0.748. The van der Waals surface area contributed by atoms with Crippen LogP contribution in [0.25, 0.3) is 11.3 Å². The second-order valence-corrected chi connectivity index (χ2v) is 4.76. The van der Waals surface area contributed by atoms with Crippen LogP contribution in [-0.4, -0.2) is 4.98 Å². The lowest BCUT2D eigenvalue weighted by atomic mass is 10.1. The fourth-order valence-corrected chi connectivity index (χ4v) is 2.38. The van der Waals surface area contributed by atoms with Crippen LogP contribution in [0.2, 0.25) is 5.02 Å². The second-order valence-electron chi connectivity index (χ2n) is 3.20. The fourth-order valence-electron chi connectivity index (χ4n) is 1.42. The topological polar surface area (TPSA) is 12.9 Å². The van der Waals surface area contributed by atoms with Crippen molar-refractivity contribution in [3.05, 3.63) is 39.2 Å². The van der Waals surface area contributed by atoms with E-state index >= 15 is 0 Å². The van der Waals surface area contributed by atoms with Crippen molar-refractivity contribution < 1.29 is 0 Å². The first kappa shape index (κ1) is 9.69. The minimum atomic E-state index is 0.748. The van der Waals surface area contributed by atoms with Gasteiger partial charge in [-0.25, -0.2) is 0 Å². The van der Waals surface area contributed by atoms with E-state index in [0.717, 1.165) is 16.4 Å². The molecule has 3 heteroatoms. The van der Waals surface area contributed by atoms with E-state index in [9.17, 15) is 0 Å². The Bertz CT molecular complexity index is 442. The van der Waals surface area contributed by atoms with Gasteiger partial charge in [0.15, 0.2) is 0 Å². The third-order valence-electron chi connectivity index (χ3n) is 2.05. The number of halogens is 1. The predicted molar refractivity (Wildman–Crippen MR) is 62.0 cm³/mol. The summed E-state index contributed by atoms with van der Waals surface area (Å²) < 4.78 is 0. The standard InChI is InChI=1S/C11H10ClNS/c1-7-5-9(12)6-11(13-7)10-3-4-14-8(10)2/h3-6H,1-2H3. The van der Waals surface area contributed by atoms with Crippen molar-refractivity contribution in [1.82, 2.24) is 4.98 Å². The van der Waals surface area contributed by atoms with Gasteiger partial charge in [0, 0.05) is 21.2 Å². The Hall–Kier alpha value is -0.860. The van der Waals surface area contributed by atoms with Gasteiger partial charge < -0.3 is 0 Å². The zero-order valence-electron chi connectivity index (χ0n) is 8.04. The van der Waals surface area contributed by atoms with Crippen LogP contribution in [0.4, 0.5) is 0 Å². The molecule has 0 spiro atoms. The van der Waals surface area contributed by atoms with Gasteiger partial charge in [-0.2, -0.15) is 0 Å². The lowest BCUT2D eigenvalue weighted by Gasteiger charge is -2.02. The van der Waals surface area contributed by atoms with Crippen LogP contribution >= 0.6 is 22.9 Å². The van der Waals surface area contributed by atoms with E-state index in [1.165, 1.54) is 10.4 Å². The summed E-state index contributed by atoms with van der Waals surface area (Å²) in [4.78, 5) is 5.74. The molecule has 72 valence electrons. The third-order valence-corrected chi connectivity index (χ3v) is 3.12. The molecule has 0 saturated carbocycles. The lowest BCUT2D eigenvalue weighted by Crippen LogP contribution is -1.86. The van der Waals surface area contributed by atoms with Gasteiger partial charge in [-0.05, 0) is 37.4 Å². The monoisotopic (exact) mass is 223 g/mol. The summed E-state index contributed by atoms with van der Waals surface area (Å²) in [5.74, 6) is 0. The van der Waals surface area contributed by atoms with Crippen molar-refractivity contribution in [1.29, 1.82) is 0 Å². The van der Waals surface area contributed by atoms with E-state index in [4.69, 9.17) is 11.6 Å². The Balaban J connectivity index is 2.57. The number of pyridine rings is 1. The molecule has 0 saturated heterocycles. The third kappa shape index (κ3) is 1.81. The molecule has 0 N–H and O–H groups in total. The molecule has 0 bridgehead atoms. The van der Waals surface area contributed by atoms with Crippen molar-refractivity contribution in [2.24, 2.45) is 0 Å². The largest absolute Gasteiger partial charge is 0.253 e. The molecule has 0 atom stereocenters. The molecule has 14 heavy (non-hydrogen) atoms. The Morgan fingerprint density at radius 1 is 1.29 bits per heavy atom. The molecule has 0 aliphatic carbocycles. The average Bonchev–Trinajstić information content (AvgIpc) is 2.49. The highest BCUT2D eigenvalue weighted by Gasteiger charge is 2.05. The van der Waals surface area contributed by atoms with Crippen LogP contribution in [0.1, 0.15) is 10.6 Å². The van der Waals surface area contributed by atoms with Crippen LogP contribution in [0.3, 0.4) is 0 Å².